The first kappa shape index (κ1) is 16.3. The van der Waals surface area contributed by atoms with Crippen LogP contribution in [0.5, 0.6) is 0 Å². The lowest BCUT2D eigenvalue weighted by atomic mass is 10.0. The zero-order valence-electron chi connectivity index (χ0n) is 14.9. The molecule has 4 rings (SSSR count). The molecule has 1 aliphatic rings. The Hall–Kier alpha value is -2.20. The van der Waals surface area contributed by atoms with E-state index in [-0.39, 0.29) is 0 Å². The fraction of sp³-hybridized carbons (Fsp3) is 0.381. The molecule has 1 aromatic carbocycles. The van der Waals surface area contributed by atoms with E-state index in [0.29, 0.717) is 5.69 Å². The van der Waals surface area contributed by atoms with Gasteiger partial charge in [0.1, 0.15) is 6.67 Å². The van der Waals surface area contributed by atoms with Crippen molar-refractivity contribution in [3.63, 3.8) is 0 Å². The molecule has 0 unspecified atom stereocenters. The molecule has 0 bridgehead atoms. The van der Waals surface area contributed by atoms with Gasteiger partial charge in [0, 0.05) is 42.4 Å². The second kappa shape index (κ2) is 6.60. The number of halogens is 1. The van der Waals surface area contributed by atoms with Crippen LogP contribution in [0.25, 0.3) is 10.9 Å². The van der Waals surface area contributed by atoms with Crippen LogP contribution in [0.4, 0.5) is 4.39 Å². The van der Waals surface area contributed by atoms with Crippen LogP contribution in [-0.4, -0.2) is 28.0 Å². The number of aryl methyl sites for hydroxylation is 3. The summed E-state index contributed by atoms with van der Waals surface area (Å²) in [4.78, 5) is 6.57. The smallest absolute Gasteiger partial charge is 0.131 e. The van der Waals surface area contributed by atoms with E-state index in [4.69, 9.17) is 0 Å². The molecule has 130 valence electrons. The Labute approximate surface area is 148 Å². The largest absolute Gasteiger partial charge is 0.343 e. The monoisotopic (exact) mass is 337 g/mol. The third-order valence-electron chi connectivity index (χ3n) is 5.25. The molecule has 0 radical (unpaired) electrons. The Kier molecular flexibility index (Phi) is 4.30. The summed E-state index contributed by atoms with van der Waals surface area (Å²) < 4.78 is 15.1. The Morgan fingerprint density at radius 1 is 1.20 bits per heavy atom. The van der Waals surface area contributed by atoms with Crippen LogP contribution in [0.1, 0.15) is 28.1 Å². The standard InChI is InChI=1S/C21H24FN3/c1-15-3-6-20-19(11-15)18-8-9-24(2)14-21(18)25(20)10-7-16-4-5-17(12-22)23-13-16/h3-6,11,13H,7-10,12,14H2,1-2H3. The number of aromatic nitrogens is 2. The summed E-state index contributed by atoms with van der Waals surface area (Å²) in [5, 5.41) is 1.41. The van der Waals surface area contributed by atoms with Gasteiger partial charge < -0.3 is 9.47 Å². The van der Waals surface area contributed by atoms with E-state index >= 15 is 0 Å². The molecule has 25 heavy (non-hydrogen) atoms. The Balaban J connectivity index is 1.69. The number of rotatable bonds is 4. The van der Waals surface area contributed by atoms with Crippen molar-refractivity contribution in [3.8, 4) is 0 Å². The van der Waals surface area contributed by atoms with Gasteiger partial charge in [0.25, 0.3) is 0 Å². The topological polar surface area (TPSA) is 21.1 Å². The highest BCUT2D eigenvalue weighted by Crippen LogP contribution is 2.31. The molecule has 4 heteroatoms. The van der Waals surface area contributed by atoms with E-state index in [9.17, 15) is 4.39 Å². The first-order chi connectivity index (χ1) is 12.2. The summed E-state index contributed by atoms with van der Waals surface area (Å²) in [6.45, 7) is 4.72. The highest BCUT2D eigenvalue weighted by Gasteiger charge is 2.22. The number of hydrogen-bond acceptors (Lipinski definition) is 2. The van der Waals surface area contributed by atoms with Crippen LogP contribution in [0.3, 0.4) is 0 Å². The Morgan fingerprint density at radius 3 is 2.84 bits per heavy atom. The van der Waals surface area contributed by atoms with Crippen molar-refractivity contribution >= 4 is 10.9 Å². The summed E-state index contributed by atoms with van der Waals surface area (Å²) in [6, 6.07) is 10.6. The highest BCUT2D eigenvalue weighted by atomic mass is 19.1. The number of alkyl halides is 1. The van der Waals surface area contributed by atoms with Gasteiger partial charge in [-0.15, -0.1) is 0 Å². The van der Waals surface area contributed by atoms with Crippen molar-refractivity contribution in [2.75, 3.05) is 13.6 Å². The number of fused-ring (bicyclic) bond motifs is 3. The number of benzene rings is 1. The van der Waals surface area contributed by atoms with E-state index in [1.165, 1.54) is 27.7 Å². The predicted octanol–water partition coefficient (Wildman–Crippen LogP) is 4.04. The number of pyridine rings is 1. The molecule has 0 atom stereocenters. The SMILES string of the molecule is Cc1ccc2c(c1)c1c(n2CCc2ccc(CF)nc2)CN(C)CC1. The number of likely N-dealkylation sites (N-methyl/N-ethyl adjacent to an activating group) is 1. The Bertz CT molecular complexity index is 896. The van der Waals surface area contributed by atoms with Gasteiger partial charge in [-0.25, -0.2) is 4.39 Å². The van der Waals surface area contributed by atoms with Crippen LogP contribution < -0.4 is 0 Å². The number of hydrogen-bond donors (Lipinski definition) is 0. The molecule has 0 saturated carbocycles. The van der Waals surface area contributed by atoms with Crippen LogP contribution >= 0.6 is 0 Å². The van der Waals surface area contributed by atoms with E-state index in [0.717, 1.165) is 38.0 Å². The van der Waals surface area contributed by atoms with Crippen molar-refractivity contribution in [1.29, 1.82) is 0 Å². The molecular formula is C21H24FN3. The first-order valence-electron chi connectivity index (χ1n) is 8.94. The van der Waals surface area contributed by atoms with E-state index < -0.39 is 6.67 Å². The molecule has 1 aliphatic heterocycles. The average Bonchev–Trinajstić information content (AvgIpc) is 2.92. The van der Waals surface area contributed by atoms with Gasteiger partial charge in [-0.1, -0.05) is 17.7 Å². The lowest BCUT2D eigenvalue weighted by molar-refractivity contribution is 0.303. The molecule has 0 fully saturated rings. The lowest BCUT2D eigenvalue weighted by Crippen LogP contribution is -2.28. The van der Waals surface area contributed by atoms with E-state index in [2.05, 4.69) is 46.6 Å². The minimum atomic E-state index is -0.498. The van der Waals surface area contributed by atoms with Crippen LogP contribution in [0.15, 0.2) is 36.5 Å². The van der Waals surface area contributed by atoms with Crippen LogP contribution in [0, 0.1) is 6.92 Å². The fourth-order valence-corrected chi connectivity index (χ4v) is 3.87. The van der Waals surface area contributed by atoms with Gasteiger partial charge in [-0.2, -0.15) is 0 Å². The maximum atomic E-state index is 12.6. The molecular weight excluding hydrogens is 313 g/mol. The predicted molar refractivity (Wildman–Crippen MR) is 99.5 cm³/mol. The maximum absolute atomic E-state index is 12.6. The van der Waals surface area contributed by atoms with Crippen molar-refractivity contribution in [2.45, 2.75) is 39.5 Å². The molecule has 0 aliphatic carbocycles. The summed E-state index contributed by atoms with van der Waals surface area (Å²) in [6.07, 6.45) is 3.84. The van der Waals surface area contributed by atoms with Crippen LogP contribution in [0.2, 0.25) is 0 Å². The minimum Gasteiger partial charge on any atom is -0.343 e. The van der Waals surface area contributed by atoms with Crippen molar-refractivity contribution in [3.05, 3.63) is 64.6 Å². The van der Waals surface area contributed by atoms with Crippen LogP contribution in [-0.2, 0) is 32.6 Å². The average molecular weight is 337 g/mol. The van der Waals surface area contributed by atoms with Gasteiger partial charge in [0.05, 0.1) is 5.69 Å². The normalized spacial score (nSPS) is 14.8. The van der Waals surface area contributed by atoms with Gasteiger partial charge in [0.15, 0.2) is 0 Å². The molecule has 0 N–H and O–H groups in total. The third-order valence-corrected chi connectivity index (χ3v) is 5.25. The van der Waals surface area contributed by atoms with Crippen molar-refractivity contribution < 1.29 is 4.39 Å². The number of nitrogens with zero attached hydrogens (tertiary/aromatic N) is 3. The minimum absolute atomic E-state index is 0.498. The van der Waals surface area contributed by atoms with Gasteiger partial charge in [-0.05, 0) is 56.1 Å². The molecule has 0 spiro atoms. The van der Waals surface area contributed by atoms with Gasteiger partial charge in [-0.3, -0.25) is 4.98 Å². The van der Waals surface area contributed by atoms with Gasteiger partial charge >= 0.3 is 0 Å². The second-order valence-electron chi connectivity index (χ2n) is 7.13. The molecule has 2 aromatic heterocycles. The molecule has 3 nitrogen and oxygen atoms in total. The maximum Gasteiger partial charge on any atom is 0.131 e. The lowest BCUT2D eigenvalue weighted by Gasteiger charge is -2.24. The molecule has 0 amide bonds. The zero-order valence-corrected chi connectivity index (χ0v) is 14.9. The van der Waals surface area contributed by atoms with E-state index in [1.807, 2.05) is 12.3 Å². The first-order valence-corrected chi connectivity index (χ1v) is 8.94. The second-order valence-corrected chi connectivity index (χ2v) is 7.13. The molecule has 3 aromatic rings. The summed E-state index contributed by atoms with van der Waals surface area (Å²) >= 11 is 0. The third kappa shape index (κ3) is 3.07. The summed E-state index contributed by atoms with van der Waals surface area (Å²) in [5.74, 6) is 0. The highest BCUT2D eigenvalue weighted by molar-refractivity contribution is 5.86. The molecule has 0 saturated heterocycles. The summed E-state index contributed by atoms with van der Waals surface area (Å²) in [7, 11) is 2.19. The Morgan fingerprint density at radius 2 is 2.08 bits per heavy atom. The fourth-order valence-electron chi connectivity index (χ4n) is 3.87. The zero-order chi connectivity index (χ0) is 17.4. The van der Waals surface area contributed by atoms with Crippen molar-refractivity contribution in [1.82, 2.24) is 14.5 Å². The quantitative estimate of drug-likeness (QED) is 0.716. The van der Waals surface area contributed by atoms with E-state index in [1.54, 1.807) is 6.07 Å². The van der Waals surface area contributed by atoms with Gasteiger partial charge in [0.2, 0.25) is 0 Å². The molecule has 3 heterocycles. The summed E-state index contributed by atoms with van der Waals surface area (Å²) in [5.41, 5.74) is 7.27. The van der Waals surface area contributed by atoms with Crippen molar-refractivity contribution in [2.24, 2.45) is 0 Å².